The lowest BCUT2D eigenvalue weighted by Gasteiger charge is -2.16. The molecule has 9 heteroatoms. The van der Waals surface area contributed by atoms with Crippen LogP contribution in [0.1, 0.15) is 25.1 Å². The Labute approximate surface area is 122 Å². The number of pyridine rings is 1. The third kappa shape index (κ3) is 5.38. The maximum Gasteiger partial charge on any atom is 0.405 e. The summed E-state index contributed by atoms with van der Waals surface area (Å²) in [5, 5.41) is 10.9. The zero-order valence-electron chi connectivity index (χ0n) is 11.6. The van der Waals surface area contributed by atoms with Gasteiger partial charge in [0, 0.05) is 12.5 Å². The van der Waals surface area contributed by atoms with Gasteiger partial charge in [-0.2, -0.15) is 0 Å². The van der Waals surface area contributed by atoms with Gasteiger partial charge in [0.1, 0.15) is 0 Å². The Balaban J connectivity index is 3.08. The molecule has 1 atom stereocenters. The minimum absolute atomic E-state index is 0.00597. The maximum atomic E-state index is 11.5. The summed E-state index contributed by atoms with van der Waals surface area (Å²) in [6, 6.07) is 1.54. The number of nitrogens with one attached hydrogen (secondary N) is 1. The number of ether oxygens (including phenoxy) is 1. The highest BCUT2D eigenvalue weighted by molar-refractivity contribution is 7.90. The molecule has 1 heterocycles. The van der Waals surface area contributed by atoms with Gasteiger partial charge in [0.05, 0.1) is 29.7 Å². The summed E-state index contributed by atoms with van der Waals surface area (Å²) >= 11 is 0. The molecule has 0 saturated heterocycles. The van der Waals surface area contributed by atoms with Crippen molar-refractivity contribution in [2.24, 2.45) is 0 Å². The first kappa shape index (κ1) is 16.9. The molecule has 1 amide bonds. The highest BCUT2D eigenvalue weighted by atomic mass is 32.2. The van der Waals surface area contributed by atoms with Crippen molar-refractivity contribution < 1.29 is 27.9 Å². The van der Waals surface area contributed by atoms with E-state index in [1.165, 1.54) is 18.3 Å². The molecular weight excluding hydrogens is 300 g/mol. The van der Waals surface area contributed by atoms with Gasteiger partial charge in [-0.05, 0) is 19.1 Å². The third-order valence-corrected chi connectivity index (χ3v) is 3.62. The summed E-state index contributed by atoms with van der Waals surface area (Å²) in [7, 11) is -3.46. The fourth-order valence-electron chi connectivity index (χ4n) is 1.61. The van der Waals surface area contributed by atoms with Crippen molar-refractivity contribution in [1.82, 2.24) is 10.3 Å². The number of carboxylic acid groups (broad SMARTS) is 1. The van der Waals surface area contributed by atoms with Gasteiger partial charge in [-0.3, -0.25) is 9.78 Å². The first-order valence-electron chi connectivity index (χ1n) is 6.05. The van der Waals surface area contributed by atoms with E-state index < -0.39 is 27.9 Å². The standard InChI is InChI=1S/C12H16N2O6S/c1-3-20-11(15)7-10(14-12(16)17)9-6-8(4-5-13-9)21(2,18)19/h4-6,10,14H,3,7H2,1-2H3,(H,16,17). The predicted molar refractivity (Wildman–Crippen MR) is 72.5 cm³/mol. The number of nitrogens with zero attached hydrogens (tertiary/aromatic N) is 1. The Kier molecular flexibility index (Phi) is 5.65. The van der Waals surface area contributed by atoms with E-state index in [9.17, 15) is 18.0 Å². The second kappa shape index (κ2) is 7.02. The number of aromatic nitrogens is 1. The van der Waals surface area contributed by atoms with E-state index in [-0.39, 0.29) is 23.6 Å². The van der Waals surface area contributed by atoms with Gasteiger partial charge in [-0.1, -0.05) is 0 Å². The van der Waals surface area contributed by atoms with E-state index in [4.69, 9.17) is 9.84 Å². The molecule has 1 rings (SSSR count). The predicted octanol–water partition coefficient (Wildman–Crippen LogP) is 0.747. The van der Waals surface area contributed by atoms with Gasteiger partial charge in [-0.15, -0.1) is 0 Å². The third-order valence-electron chi connectivity index (χ3n) is 2.51. The van der Waals surface area contributed by atoms with E-state index in [1.54, 1.807) is 6.92 Å². The molecule has 1 aromatic heterocycles. The number of carbonyl (C=O) groups is 2. The average molecular weight is 316 g/mol. The zero-order valence-corrected chi connectivity index (χ0v) is 12.4. The van der Waals surface area contributed by atoms with Gasteiger partial charge in [-0.25, -0.2) is 13.2 Å². The van der Waals surface area contributed by atoms with Crippen LogP contribution in [0.3, 0.4) is 0 Å². The Morgan fingerprint density at radius 1 is 1.48 bits per heavy atom. The summed E-state index contributed by atoms with van der Waals surface area (Å²) in [6.45, 7) is 1.79. The fraction of sp³-hybridized carbons (Fsp3) is 0.417. The number of amides is 1. The van der Waals surface area contributed by atoms with Gasteiger partial charge < -0.3 is 15.2 Å². The first-order valence-corrected chi connectivity index (χ1v) is 7.94. The molecule has 0 aliphatic heterocycles. The van der Waals surface area contributed by atoms with Crippen LogP contribution in [0.4, 0.5) is 4.79 Å². The summed E-state index contributed by atoms with van der Waals surface area (Å²) in [6.07, 6.45) is 0.640. The monoisotopic (exact) mass is 316 g/mol. The van der Waals surface area contributed by atoms with E-state index in [0.29, 0.717) is 0 Å². The van der Waals surface area contributed by atoms with Crippen molar-refractivity contribution in [3.05, 3.63) is 24.0 Å². The highest BCUT2D eigenvalue weighted by Gasteiger charge is 2.21. The molecule has 0 saturated carbocycles. The van der Waals surface area contributed by atoms with Crippen molar-refractivity contribution in [2.45, 2.75) is 24.3 Å². The topological polar surface area (TPSA) is 123 Å². The van der Waals surface area contributed by atoms with Crippen LogP contribution < -0.4 is 5.32 Å². The smallest absolute Gasteiger partial charge is 0.405 e. The molecule has 0 spiro atoms. The van der Waals surface area contributed by atoms with Crippen LogP contribution in [-0.2, 0) is 19.4 Å². The molecule has 1 aromatic rings. The Hall–Kier alpha value is -2.16. The zero-order chi connectivity index (χ0) is 16.0. The first-order chi connectivity index (χ1) is 9.74. The molecule has 0 radical (unpaired) electrons. The molecule has 0 aliphatic rings. The largest absolute Gasteiger partial charge is 0.466 e. The Morgan fingerprint density at radius 2 is 2.14 bits per heavy atom. The highest BCUT2D eigenvalue weighted by Crippen LogP contribution is 2.18. The van der Waals surface area contributed by atoms with Crippen molar-refractivity contribution in [1.29, 1.82) is 0 Å². The maximum absolute atomic E-state index is 11.5. The van der Waals surface area contributed by atoms with Crippen LogP contribution in [0, 0.1) is 0 Å². The van der Waals surface area contributed by atoms with Gasteiger partial charge in [0.15, 0.2) is 9.84 Å². The summed E-state index contributed by atoms with van der Waals surface area (Å²) in [4.78, 5) is 26.2. The van der Waals surface area contributed by atoms with Crippen LogP contribution in [0.15, 0.2) is 23.2 Å². The second-order valence-electron chi connectivity index (χ2n) is 4.20. The molecule has 21 heavy (non-hydrogen) atoms. The van der Waals surface area contributed by atoms with Crippen molar-refractivity contribution in [3.63, 3.8) is 0 Å². The number of hydrogen-bond donors (Lipinski definition) is 2. The van der Waals surface area contributed by atoms with Crippen LogP contribution >= 0.6 is 0 Å². The molecule has 0 fully saturated rings. The van der Waals surface area contributed by atoms with E-state index >= 15 is 0 Å². The molecule has 0 bridgehead atoms. The quantitative estimate of drug-likeness (QED) is 0.742. The minimum Gasteiger partial charge on any atom is -0.466 e. The summed E-state index contributed by atoms with van der Waals surface area (Å²) in [5.41, 5.74) is 0.133. The molecule has 116 valence electrons. The number of sulfone groups is 1. The van der Waals surface area contributed by atoms with Gasteiger partial charge >= 0.3 is 12.1 Å². The number of hydrogen-bond acceptors (Lipinski definition) is 6. The SMILES string of the molecule is CCOC(=O)CC(NC(=O)O)c1cc(S(C)(=O)=O)ccn1. The van der Waals surface area contributed by atoms with Gasteiger partial charge in [0.2, 0.25) is 0 Å². The minimum atomic E-state index is -3.46. The average Bonchev–Trinajstić information content (AvgIpc) is 2.37. The van der Waals surface area contributed by atoms with Crippen molar-refractivity contribution >= 4 is 21.9 Å². The normalized spacial score (nSPS) is 12.5. The van der Waals surface area contributed by atoms with Crippen molar-refractivity contribution in [2.75, 3.05) is 12.9 Å². The molecular formula is C12H16N2O6S. The molecule has 0 aliphatic carbocycles. The Morgan fingerprint density at radius 3 is 2.67 bits per heavy atom. The van der Waals surface area contributed by atoms with Gasteiger partial charge in [0.25, 0.3) is 0 Å². The number of carbonyl (C=O) groups excluding carboxylic acids is 1. The van der Waals surface area contributed by atoms with Crippen LogP contribution in [0.2, 0.25) is 0 Å². The van der Waals surface area contributed by atoms with E-state index in [1.807, 2.05) is 0 Å². The Bertz CT molecular complexity index is 628. The summed E-state index contributed by atoms with van der Waals surface area (Å²) in [5.74, 6) is -0.609. The molecule has 2 N–H and O–H groups in total. The van der Waals surface area contributed by atoms with Crippen LogP contribution in [0.25, 0.3) is 0 Å². The van der Waals surface area contributed by atoms with Crippen LogP contribution in [0.5, 0.6) is 0 Å². The second-order valence-corrected chi connectivity index (χ2v) is 6.22. The molecule has 0 aromatic carbocycles. The number of esters is 1. The molecule has 8 nitrogen and oxygen atoms in total. The molecule has 1 unspecified atom stereocenters. The van der Waals surface area contributed by atoms with E-state index in [0.717, 1.165) is 6.26 Å². The van der Waals surface area contributed by atoms with Crippen LogP contribution in [-0.4, -0.2) is 43.4 Å². The van der Waals surface area contributed by atoms with Crippen molar-refractivity contribution in [3.8, 4) is 0 Å². The fourth-order valence-corrected chi connectivity index (χ4v) is 2.26. The number of rotatable bonds is 6. The lowest BCUT2D eigenvalue weighted by Crippen LogP contribution is -2.30. The lowest BCUT2D eigenvalue weighted by molar-refractivity contribution is -0.143. The lowest BCUT2D eigenvalue weighted by atomic mass is 10.1. The summed E-state index contributed by atoms with van der Waals surface area (Å²) < 4.78 is 27.8. The van der Waals surface area contributed by atoms with E-state index in [2.05, 4.69) is 10.3 Å².